The molecule has 0 saturated heterocycles. The number of aromatic nitrogens is 1. The Morgan fingerprint density at radius 3 is 3.04 bits per heavy atom. The van der Waals surface area contributed by atoms with Crippen molar-refractivity contribution in [2.24, 2.45) is 0 Å². The lowest BCUT2D eigenvalue weighted by molar-refractivity contribution is -0.122. The Hall–Kier alpha value is -2.57. The zero-order chi connectivity index (χ0) is 18.6. The Kier molecular flexibility index (Phi) is 5.27. The Morgan fingerprint density at radius 1 is 1.37 bits per heavy atom. The topological polar surface area (TPSA) is 57.4 Å². The molecule has 1 aliphatic heterocycles. The summed E-state index contributed by atoms with van der Waals surface area (Å²) in [6.45, 7) is 2.73. The maximum absolute atomic E-state index is 12.2. The molecule has 3 heterocycles. The van der Waals surface area contributed by atoms with Crippen molar-refractivity contribution in [3.05, 3.63) is 58.4 Å². The van der Waals surface area contributed by atoms with Crippen molar-refractivity contribution in [3.63, 3.8) is 0 Å². The molecule has 4 rings (SSSR count). The number of amides is 1. The van der Waals surface area contributed by atoms with Crippen LogP contribution in [0.2, 0.25) is 0 Å². The molecule has 140 valence electrons. The van der Waals surface area contributed by atoms with E-state index in [1.54, 1.807) is 18.4 Å². The van der Waals surface area contributed by atoms with E-state index in [4.69, 9.17) is 4.74 Å². The van der Waals surface area contributed by atoms with E-state index in [1.165, 1.54) is 21.4 Å². The van der Waals surface area contributed by atoms with Gasteiger partial charge in [-0.05, 0) is 41.6 Å². The van der Waals surface area contributed by atoms with Crippen LogP contribution in [0.25, 0.3) is 16.5 Å². The van der Waals surface area contributed by atoms with Crippen molar-refractivity contribution in [3.8, 4) is 5.75 Å². The molecule has 0 spiro atoms. The lowest BCUT2D eigenvalue weighted by atomic mass is 9.99. The standard InChI is InChI=1S/C21H23N3O2S/c1-26-16-4-5-20-18(11-16)19(13-22-20)15-6-8-24(9-7-15)14-21(25)23-12-17-3-2-10-27-17/h2-6,10-11,13,22H,7-9,12,14H2,1H3,(H,23,25). The quantitative estimate of drug-likeness (QED) is 0.685. The fourth-order valence-corrected chi connectivity index (χ4v) is 4.09. The number of benzene rings is 1. The second-order valence-electron chi connectivity index (χ2n) is 6.68. The molecule has 2 aromatic heterocycles. The van der Waals surface area contributed by atoms with Crippen LogP contribution in [0.5, 0.6) is 5.75 Å². The van der Waals surface area contributed by atoms with Crippen LogP contribution in [0.4, 0.5) is 0 Å². The molecule has 0 atom stereocenters. The summed E-state index contributed by atoms with van der Waals surface area (Å²) in [6.07, 6.45) is 5.24. The number of nitrogens with one attached hydrogen (secondary N) is 2. The summed E-state index contributed by atoms with van der Waals surface area (Å²) >= 11 is 1.66. The summed E-state index contributed by atoms with van der Waals surface area (Å²) in [5.74, 6) is 0.945. The van der Waals surface area contributed by atoms with Crippen LogP contribution in [0.3, 0.4) is 0 Å². The van der Waals surface area contributed by atoms with Crippen LogP contribution in [0.1, 0.15) is 16.9 Å². The number of hydrogen-bond donors (Lipinski definition) is 2. The second-order valence-corrected chi connectivity index (χ2v) is 7.72. The van der Waals surface area contributed by atoms with Crippen LogP contribution in [-0.2, 0) is 11.3 Å². The molecule has 0 bridgehead atoms. The molecule has 0 radical (unpaired) electrons. The fraction of sp³-hybridized carbons (Fsp3) is 0.286. The van der Waals surface area contributed by atoms with E-state index in [0.29, 0.717) is 13.1 Å². The van der Waals surface area contributed by atoms with Gasteiger partial charge in [0.25, 0.3) is 0 Å². The molecule has 27 heavy (non-hydrogen) atoms. The first-order valence-electron chi connectivity index (χ1n) is 9.09. The number of nitrogens with zero attached hydrogens (tertiary/aromatic N) is 1. The minimum Gasteiger partial charge on any atom is -0.497 e. The van der Waals surface area contributed by atoms with Crippen molar-refractivity contribution in [2.45, 2.75) is 13.0 Å². The normalized spacial score (nSPS) is 14.9. The van der Waals surface area contributed by atoms with Gasteiger partial charge in [0.2, 0.25) is 5.91 Å². The lowest BCUT2D eigenvalue weighted by Crippen LogP contribution is -2.38. The third kappa shape index (κ3) is 4.07. The molecule has 0 aliphatic carbocycles. The first-order valence-corrected chi connectivity index (χ1v) is 9.97. The van der Waals surface area contributed by atoms with Gasteiger partial charge in [-0.2, -0.15) is 0 Å². The number of carbonyl (C=O) groups is 1. The predicted octanol–water partition coefficient (Wildman–Crippen LogP) is 3.64. The van der Waals surface area contributed by atoms with Crippen molar-refractivity contribution in [2.75, 3.05) is 26.7 Å². The van der Waals surface area contributed by atoms with Crippen molar-refractivity contribution >= 4 is 33.7 Å². The highest BCUT2D eigenvalue weighted by atomic mass is 32.1. The Balaban J connectivity index is 1.38. The molecule has 0 saturated carbocycles. The zero-order valence-electron chi connectivity index (χ0n) is 15.3. The van der Waals surface area contributed by atoms with Crippen LogP contribution < -0.4 is 10.1 Å². The number of thiophene rings is 1. The smallest absolute Gasteiger partial charge is 0.234 e. The number of ether oxygens (including phenoxy) is 1. The van der Waals surface area contributed by atoms with E-state index in [0.717, 1.165) is 30.8 Å². The van der Waals surface area contributed by atoms with Crippen LogP contribution in [0.15, 0.2) is 48.0 Å². The van der Waals surface area contributed by atoms with E-state index in [2.05, 4.69) is 33.5 Å². The molecule has 2 N–H and O–H groups in total. The van der Waals surface area contributed by atoms with Crippen LogP contribution in [0, 0.1) is 0 Å². The average molecular weight is 382 g/mol. The number of rotatable bonds is 6. The van der Waals surface area contributed by atoms with Gasteiger partial charge in [0.15, 0.2) is 0 Å². The van der Waals surface area contributed by atoms with Gasteiger partial charge in [-0.25, -0.2) is 0 Å². The molecule has 3 aromatic rings. The molecular weight excluding hydrogens is 358 g/mol. The molecule has 1 aliphatic rings. The molecule has 0 fully saturated rings. The van der Waals surface area contributed by atoms with E-state index >= 15 is 0 Å². The monoisotopic (exact) mass is 381 g/mol. The summed E-state index contributed by atoms with van der Waals surface area (Å²) in [5.41, 5.74) is 3.66. The van der Waals surface area contributed by atoms with E-state index < -0.39 is 0 Å². The van der Waals surface area contributed by atoms with Gasteiger partial charge >= 0.3 is 0 Å². The van der Waals surface area contributed by atoms with Gasteiger partial charge in [0, 0.05) is 40.6 Å². The highest BCUT2D eigenvalue weighted by Gasteiger charge is 2.17. The Bertz CT molecular complexity index is 959. The van der Waals surface area contributed by atoms with Gasteiger partial charge in [-0.1, -0.05) is 12.1 Å². The summed E-state index contributed by atoms with van der Waals surface area (Å²) in [6, 6.07) is 10.1. The maximum Gasteiger partial charge on any atom is 0.234 e. The van der Waals surface area contributed by atoms with Crippen LogP contribution in [-0.4, -0.2) is 42.5 Å². The minimum atomic E-state index is 0.0806. The summed E-state index contributed by atoms with van der Waals surface area (Å²) in [4.78, 5) is 18.9. The summed E-state index contributed by atoms with van der Waals surface area (Å²) < 4.78 is 5.36. The molecule has 1 amide bonds. The molecule has 5 nitrogen and oxygen atoms in total. The lowest BCUT2D eigenvalue weighted by Gasteiger charge is -2.25. The van der Waals surface area contributed by atoms with E-state index in [-0.39, 0.29) is 5.91 Å². The van der Waals surface area contributed by atoms with Crippen molar-refractivity contribution in [1.82, 2.24) is 15.2 Å². The van der Waals surface area contributed by atoms with E-state index in [9.17, 15) is 4.79 Å². The first kappa shape index (κ1) is 17.8. The molecule has 0 unspecified atom stereocenters. The average Bonchev–Trinajstić information content (AvgIpc) is 3.36. The number of H-pyrrole nitrogens is 1. The number of aromatic amines is 1. The van der Waals surface area contributed by atoms with Gasteiger partial charge in [-0.15, -0.1) is 11.3 Å². The predicted molar refractivity (Wildman–Crippen MR) is 110 cm³/mol. The maximum atomic E-state index is 12.2. The van der Waals surface area contributed by atoms with Gasteiger partial charge < -0.3 is 15.0 Å². The van der Waals surface area contributed by atoms with Crippen LogP contribution >= 0.6 is 11.3 Å². The largest absolute Gasteiger partial charge is 0.497 e. The Morgan fingerprint density at radius 2 is 2.30 bits per heavy atom. The van der Waals surface area contributed by atoms with Gasteiger partial charge in [0.05, 0.1) is 20.2 Å². The molecule has 1 aromatic carbocycles. The number of fused-ring (bicyclic) bond motifs is 1. The number of hydrogen-bond acceptors (Lipinski definition) is 4. The van der Waals surface area contributed by atoms with E-state index in [1.807, 2.05) is 29.6 Å². The summed E-state index contributed by atoms with van der Waals surface area (Å²) in [5, 5.41) is 6.21. The van der Waals surface area contributed by atoms with Crippen molar-refractivity contribution in [1.29, 1.82) is 0 Å². The minimum absolute atomic E-state index is 0.0806. The number of carbonyl (C=O) groups excluding carboxylic acids is 1. The molecule has 6 heteroatoms. The fourth-order valence-electron chi connectivity index (χ4n) is 3.45. The first-order chi connectivity index (χ1) is 13.2. The van der Waals surface area contributed by atoms with Crippen molar-refractivity contribution < 1.29 is 9.53 Å². The highest BCUT2D eigenvalue weighted by molar-refractivity contribution is 7.09. The molecular formula is C21H23N3O2S. The Labute approximate surface area is 162 Å². The highest BCUT2D eigenvalue weighted by Crippen LogP contribution is 2.31. The van der Waals surface area contributed by atoms with Gasteiger partial charge in [-0.3, -0.25) is 9.69 Å². The SMILES string of the molecule is COc1ccc2[nH]cc(C3=CCN(CC(=O)NCc4cccs4)CC3)c2c1. The second kappa shape index (κ2) is 7.98. The zero-order valence-corrected chi connectivity index (χ0v) is 16.1. The third-order valence-electron chi connectivity index (χ3n) is 4.94. The number of methoxy groups -OCH3 is 1. The van der Waals surface area contributed by atoms with Gasteiger partial charge in [0.1, 0.15) is 5.75 Å². The summed E-state index contributed by atoms with van der Waals surface area (Å²) in [7, 11) is 1.69. The third-order valence-corrected chi connectivity index (χ3v) is 5.81.